The van der Waals surface area contributed by atoms with Gasteiger partial charge in [-0.1, -0.05) is 12.1 Å². The highest BCUT2D eigenvalue weighted by Crippen LogP contribution is 2.28. The molecule has 3 nitrogen and oxygen atoms in total. The molecule has 3 N–H and O–H groups in total. The Morgan fingerprint density at radius 2 is 2.17 bits per heavy atom. The lowest BCUT2D eigenvalue weighted by molar-refractivity contribution is 0.0929. The summed E-state index contributed by atoms with van der Waals surface area (Å²) >= 11 is 2.21. The lowest BCUT2D eigenvalue weighted by atomic mass is 9.78. The van der Waals surface area contributed by atoms with Crippen molar-refractivity contribution in [3.8, 4) is 0 Å². The maximum absolute atomic E-state index is 12.0. The lowest BCUT2D eigenvalue weighted by Gasteiger charge is -2.38. The van der Waals surface area contributed by atoms with Crippen molar-refractivity contribution in [2.24, 2.45) is 5.73 Å². The summed E-state index contributed by atoms with van der Waals surface area (Å²) in [6.07, 6.45) is 3.20. The molecule has 18 heavy (non-hydrogen) atoms. The minimum Gasteiger partial charge on any atom is -0.350 e. The van der Waals surface area contributed by atoms with Crippen molar-refractivity contribution < 1.29 is 4.79 Å². The Hall–Kier alpha value is -0.330. The summed E-state index contributed by atoms with van der Waals surface area (Å²) in [6.45, 7) is 2.59. The zero-order valence-corrected chi connectivity index (χ0v) is 13.3. The van der Waals surface area contributed by atoms with Gasteiger partial charge in [0.1, 0.15) is 0 Å². The second kappa shape index (κ2) is 6.21. The highest BCUT2D eigenvalue weighted by Gasteiger charge is 2.32. The number of nitrogens with one attached hydrogen (secondary N) is 1. The van der Waals surface area contributed by atoms with E-state index in [2.05, 4.69) is 27.9 Å². The van der Waals surface area contributed by atoms with Crippen molar-refractivity contribution >= 4 is 40.9 Å². The van der Waals surface area contributed by atoms with E-state index in [1.165, 1.54) is 6.42 Å². The van der Waals surface area contributed by atoms with Gasteiger partial charge >= 0.3 is 0 Å². The van der Waals surface area contributed by atoms with Crippen LogP contribution in [0.5, 0.6) is 0 Å². The van der Waals surface area contributed by atoms with Gasteiger partial charge in [0.2, 0.25) is 0 Å². The van der Waals surface area contributed by atoms with Crippen LogP contribution in [0.1, 0.15) is 35.2 Å². The van der Waals surface area contributed by atoms with E-state index in [4.69, 9.17) is 5.73 Å². The molecule has 1 fully saturated rings. The van der Waals surface area contributed by atoms with Gasteiger partial charge in [-0.2, -0.15) is 0 Å². The van der Waals surface area contributed by atoms with Gasteiger partial charge in [0.25, 0.3) is 5.91 Å². The van der Waals surface area contributed by atoms with Gasteiger partial charge in [-0.3, -0.25) is 4.79 Å². The average Bonchev–Trinajstić information content (AvgIpc) is 2.27. The van der Waals surface area contributed by atoms with Crippen LogP contribution < -0.4 is 11.1 Å². The van der Waals surface area contributed by atoms with Crippen LogP contribution in [0.25, 0.3) is 0 Å². The summed E-state index contributed by atoms with van der Waals surface area (Å²) in [7, 11) is 0. The zero-order chi connectivity index (χ0) is 12.5. The molecule has 5 heteroatoms. The molecule has 1 aromatic rings. The van der Waals surface area contributed by atoms with Crippen molar-refractivity contribution in [1.82, 2.24) is 5.32 Å². The van der Waals surface area contributed by atoms with Gasteiger partial charge in [-0.05, 0) is 60.4 Å². The molecule has 2 rings (SSSR count). The molecule has 100 valence electrons. The van der Waals surface area contributed by atoms with Crippen LogP contribution in [-0.4, -0.2) is 18.0 Å². The second-order valence-electron chi connectivity index (χ2n) is 4.84. The smallest absolute Gasteiger partial charge is 0.252 e. The van der Waals surface area contributed by atoms with Crippen molar-refractivity contribution in [2.45, 2.75) is 31.7 Å². The topological polar surface area (TPSA) is 55.1 Å². The van der Waals surface area contributed by atoms with E-state index in [9.17, 15) is 4.79 Å². The highest BCUT2D eigenvalue weighted by molar-refractivity contribution is 14.1. The molecular weight excluding hydrogens is 363 g/mol. The van der Waals surface area contributed by atoms with Gasteiger partial charge < -0.3 is 11.1 Å². The van der Waals surface area contributed by atoms with E-state index < -0.39 is 0 Å². The minimum absolute atomic E-state index is 0. The Kier molecular flexibility index (Phi) is 5.43. The highest BCUT2D eigenvalue weighted by atomic mass is 127. The lowest BCUT2D eigenvalue weighted by Crippen LogP contribution is -2.55. The zero-order valence-electron chi connectivity index (χ0n) is 10.3. The van der Waals surface area contributed by atoms with Crippen molar-refractivity contribution in [3.63, 3.8) is 0 Å². The Bertz CT molecular complexity index is 447. The molecule has 1 amide bonds. The Morgan fingerprint density at radius 3 is 2.72 bits per heavy atom. The van der Waals surface area contributed by atoms with E-state index in [0.29, 0.717) is 6.54 Å². The van der Waals surface area contributed by atoms with Gasteiger partial charge in [-0.15, -0.1) is 12.4 Å². The predicted molar refractivity (Wildman–Crippen MR) is 84.2 cm³/mol. The number of hydrogen-bond donors (Lipinski definition) is 2. The number of hydrogen-bond acceptors (Lipinski definition) is 2. The molecule has 1 aliphatic carbocycles. The molecule has 1 aromatic carbocycles. The van der Waals surface area contributed by atoms with E-state index in [0.717, 1.165) is 27.5 Å². The first-order chi connectivity index (χ1) is 8.02. The summed E-state index contributed by atoms with van der Waals surface area (Å²) < 4.78 is 1.02. The number of amides is 1. The fraction of sp³-hybridized carbons (Fsp3) is 0.462. The summed E-state index contributed by atoms with van der Waals surface area (Å²) in [5.41, 5.74) is 7.79. The predicted octanol–water partition coefficient (Wildman–Crippen LogP) is 2.63. The maximum Gasteiger partial charge on any atom is 0.252 e. The number of aryl methyl sites for hydroxylation is 1. The normalized spacial score (nSPS) is 16.4. The molecule has 0 atom stereocenters. The van der Waals surface area contributed by atoms with E-state index in [1.54, 1.807) is 0 Å². The van der Waals surface area contributed by atoms with Crippen LogP contribution in [0.4, 0.5) is 0 Å². The minimum atomic E-state index is -0.162. The van der Waals surface area contributed by atoms with Crippen LogP contribution in [-0.2, 0) is 0 Å². The molecule has 0 heterocycles. The second-order valence-corrected chi connectivity index (χ2v) is 5.91. The van der Waals surface area contributed by atoms with Crippen LogP contribution in [0.3, 0.4) is 0 Å². The fourth-order valence-electron chi connectivity index (χ4n) is 1.98. The van der Waals surface area contributed by atoms with E-state index in [1.807, 2.05) is 25.1 Å². The summed E-state index contributed by atoms with van der Waals surface area (Å²) in [6, 6.07) is 5.77. The first-order valence-electron chi connectivity index (χ1n) is 5.84. The monoisotopic (exact) mass is 380 g/mol. The van der Waals surface area contributed by atoms with Gasteiger partial charge in [0, 0.05) is 15.7 Å². The number of benzene rings is 1. The standard InChI is InChI=1S/C13H17IN2O.ClH/c1-9-4-2-5-10(11(9)14)12(17)16-8-13(15)6-3-7-13;/h2,4-5H,3,6-8,15H2,1H3,(H,16,17);1H. The van der Waals surface area contributed by atoms with E-state index in [-0.39, 0.29) is 23.9 Å². The Morgan fingerprint density at radius 1 is 1.50 bits per heavy atom. The van der Waals surface area contributed by atoms with Crippen LogP contribution in [0, 0.1) is 10.5 Å². The van der Waals surface area contributed by atoms with Gasteiger partial charge in [0.15, 0.2) is 0 Å². The third kappa shape index (κ3) is 3.36. The molecule has 0 aromatic heterocycles. The van der Waals surface area contributed by atoms with Crippen LogP contribution >= 0.6 is 35.0 Å². The first kappa shape index (κ1) is 15.7. The van der Waals surface area contributed by atoms with Gasteiger partial charge in [-0.25, -0.2) is 0 Å². The number of rotatable bonds is 3. The fourth-order valence-corrected chi connectivity index (χ4v) is 2.59. The third-order valence-corrected chi connectivity index (χ3v) is 4.82. The molecule has 0 saturated heterocycles. The van der Waals surface area contributed by atoms with Crippen molar-refractivity contribution in [2.75, 3.05) is 6.54 Å². The number of carbonyl (C=O) groups is 1. The van der Waals surface area contributed by atoms with Crippen LogP contribution in [0.15, 0.2) is 18.2 Å². The third-order valence-electron chi connectivity index (χ3n) is 3.39. The quantitative estimate of drug-likeness (QED) is 0.792. The number of carbonyl (C=O) groups excluding carboxylic acids is 1. The van der Waals surface area contributed by atoms with Crippen LogP contribution in [0.2, 0.25) is 0 Å². The Labute approximate surface area is 127 Å². The molecule has 1 saturated carbocycles. The van der Waals surface area contributed by atoms with E-state index >= 15 is 0 Å². The largest absolute Gasteiger partial charge is 0.350 e. The molecule has 0 spiro atoms. The number of halogens is 2. The summed E-state index contributed by atoms with van der Waals surface area (Å²) in [5.74, 6) is -0.0187. The SMILES string of the molecule is Cc1cccc(C(=O)NCC2(N)CCC2)c1I.Cl. The molecular formula is C13H18ClIN2O. The number of nitrogens with two attached hydrogens (primary N) is 1. The van der Waals surface area contributed by atoms with Crippen molar-refractivity contribution in [3.05, 3.63) is 32.9 Å². The first-order valence-corrected chi connectivity index (χ1v) is 6.92. The van der Waals surface area contributed by atoms with Gasteiger partial charge in [0.05, 0.1) is 5.56 Å². The molecule has 0 bridgehead atoms. The molecule has 0 aliphatic heterocycles. The molecule has 0 unspecified atom stereocenters. The van der Waals surface area contributed by atoms with Crippen molar-refractivity contribution in [1.29, 1.82) is 0 Å². The summed E-state index contributed by atoms with van der Waals surface area (Å²) in [5, 5.41) is 2.94. The molecule has 1 aliphatic rings. The average molecular weight is 381 g/mol. The summed E-state index contributed by atoms with van der Waals surface area (Å²) in [4.78, 5) is 12.0. The maximum atomic E-state index is 12.0. The molecule has 0 radical (unpaired) electrons. The Balaban J connectivity index is 0.00000162.